The summed E-state index contributed by atoms with van der Waals surface area (Å²) in [5.74, 6) is 0. The van der Waals surface area contributed by atoms with Crippen LogP contribution in [-0.2, 0) is 6.54 Å². The Hall–Kier alpha value is -1.36. The normalized spacial score (nSPS) is 24.8. The maximum atomic E-state index is 5.97. The highest BCUT2D eigenvalue weighted by Crippen LogP contribution is 2.36. The van der Waals surface area contributed by atoms with Crippen LogP contribution < -0.4 is 5.32 Å². The lowest BCUT2D eigenvalue weighted by molar-refractivity contribution is 0.268. The molecule has 122 valence electrons. The summed E-state index contributed by atoms with van der Waals surface area (Å²) in [6.45, 7) is 7.89. The molecule has 23 heavy (non-hydrogen) atoms. The Kier molecular flexibility index (Phi) is 3.92. The van der Waals surface area contributed by atoms with Crippen LogP contribution in [0.15, 0.2) is 30.5 Å². The highest BCUT2D eigenvalue weighted by molar-refractivity contribution is 6.30. The summed E-state index contributed by atoms with van der Waals surface area (Å²) < 4.78 is 1.96. The van der Waals surface area contributed by atoms with Crippen molar-refractivity contribution >= 4 is 11.6 Å². The van der Waals surface area contributed by atoms with Crippen molar-refractivity contribution < 1.29 is 0 Å². The van der Waals surface area contributed by atoms with Gasteiger partial charge in [-0.1, -0.05) is 11.6 Å². The Balaban J connectivity index is 1.48. The van der Waals surface area contributed by atoms with Gasteiger partial charge in [0.15, 0.2) is 0 Å². The zero-order chi connectivity index (χ0) is 15.9. The summed E-state index contributed by atoms with van der Waals surface area (Å²) in [6.07, 6.45) is 4.81. The molecular weight excluding hydrogens is 308 g/mol. The largest absolute Gasteiger partial charge is 0.316 e. The predicted octanol–water partition coefficient (Wildman–Crippen LogP) is 3.02. The molecule has 0 saturated carbocycles. The SMILES string of the molecule is Cc1nn(-c2ccc(Cl)cc2)cc1CN1CCC2(CCNC2)C1. The van der Waals surface area contributed by atoms with Crippen LogP contribution in [0.5, 0.6) is 0 Å². The first-order chi connectivity index (χ1) is 11.1. The lowest BCUT2D eigenvalue weighted by Crippen LogP contribution is -2.29. The van der Waals surface area contributed by atoms with E-state index in [0.29, 0.717) is 5.41 Å². The molecule has 3 heterocycles. The first kappa shape index (κ1) is 15.2. The molecule has 2 fully saturated rings. The number of nitrogens with one attached hydrogen (secondary N) is 1. The van der Waals surface area contributed by atoms with Crippen molar-refractivity contribution in [3.05, 3.63) is 46.7 Å². The lowest BCUT2D eigenvalue weighted by Gasteiger charge is -2.22. The van der Waals surface area contributed by atoms with Gasteiger partial charge in [-0.15, -0.1) is 0 Å². The molecule has 1 unspecified atom stereocenters. The summed E-state index contributed by atoms with van der Waals surface area (Å²) in [5.41, 5.74) is 4.02. The summed E-state index contributed by atoms with van der Waals surface area (Å²) in [7, 11) is 0. The molecule has 2 aromatic rings. The van der Waals surface area contributed by atoms with Crippen LogP contribution in [0.1, 0.15) is 24.1 Å². The van der Waals surface area contributed by atoms with Gasteiger partial charge in [0, 0.05) is 36.4 Å². The van der Waals surface area contributed by atoms with E-state index in [2.05, 4.69) is 28.4 Å². The van der Waals surface area contributed by atoms with Crippen molar-refractivity contribution in [1.29, 1.82) is 0 Å². The summed E-state index contributed by atoms with van der Waals surface area (Å²) >= 11 is 5.97. The van der Waals surface area contributed by atoms with E-state index >= 15 is 0 Å². The molecule has 2 aliphatic heterocycles. The molecule has 4 nitrogen and oxygen atoms in total. The van der Waals surface area contributed by atoms with E-state index in [9.17, 15) is 0 Å². The van der Waals surface area contributed by atoms with Gasteiger partial charge in [-0.25, -0.2) is 4.68 Å². The van der Waals surface area contributed by atoms with E-state index in [0.717, 1.165) is 22.9 Å². The van der Waals surface area contributed by atoms with E-state index in [1.165, 1.54) is 44.6 Å². The topological polar surface area (TPSA) is 33.1 Å². The van der Waals surface area contributed by atoms with Crippen LogP contribution in [0.3, 0.4) is 0 Å². The third-order valence-corrected chi connectivity index (χ3v) is 5.59. The molecule has 0 aliphatic carbocycles. The third kappa shape index (κ3) is 3.03. The van der Waals surface area contributed by atoms with Crippen LogP contribution in [0, 0.1) is 12.3 Å². The second-order valence-electron chi connectivity index (χ2n) is 7.05. The minimum absolute atomic E-state index is 0.528. The number of hydrogen-bond acceptors (Lipinski definition) is 3. The van der Waals surface area contributed by atoms with Crippen molar-refractivity contribution in [3.63, 3.8) is 0 Å². The Bertz CT molecular complexity index is 686. The van der Waals surface area contributed by atoms with Crippen molar-refractivity contribution in [2.24, 2.45) is 5.41 Å². The number of hydrogen-bond donors (Lipinski definition) is 1. The molecule has 0 bridgehead atoms. The Morgan fingerprint density at radius 3 is 2.83 bits per heavy atom. The van der Waals surface area contributed by atoms with E-state index in [4.69, 9.17) is 11.6 Å². The van der Waals surface area contributed by atoms with E-state index in [1.807, 2.05) is 28.9 Å². The first-order valence-corrected chi connectivity index (χ1v) is 8.76. The van der Waals surface area contributed by atoms with Crippen LogP contribution >= 0.6 is 11.6 Å². The average Bonchev–Trinajstić information content (AvgIpc) is 3.24. The van der Waals surface area contributed by atoms with Crippen molar-refractivity contribution in [2.45, 2.75) is 26.3 Å². The van der Waals surface area contributed by atoms with Gasteiger partial charge in [0.1, 0.15) is 0 Å². The Labute approximate surface area is 142 Å². The molecule has 4 rings (SSSR count). The number of benzene rings is 1. The van der Waals surface area contributed by atoms with Crippen LogP contribution in [-0.4, -0.2) is 40.9 Å². The standard InChI is InChI=1S/C18H23ClN4/c1-14-15(10-22-9-7-18(13-22)6-8-20-12-18)11-23(21-14)17-4-2-16(19)3-5-17/h2-5,11,20H,6-10,12-13H2,1H3. The predicted molar refractivity (Wildman–Crippen MR) is 93.1 cm³/mol. The zero-order valence-electron chi connectivity index (χ0n) is 13.6. The zero-order valence-corrected chi connectivity index (χ0v) is 14.3. The molecule has 0 amide bonds. The summed E-state index contributed by atoms with van der Waals surface area (Å²) in [6, 6.07) is 7.83. The monoisotopic (exact) mass is 330 g/mol. The average molecular weight is 331 g/mol. The molecule has 1 N–H and O–H groups in total. The third-order valence-electron chi connectivity index (χ3n) is 5.34. The quantitative estimate of drug-likeness (QED) is 0.939. The number of nitrogens with zero attached hydrogens (tertiary/aromatic N) is 3. The van der Waals surface area contributed by atoms with E-state index < -0.39 is 0 Å². The van der Waals surface area contributed by atoms with Gasteiger partial charge in [-0.3, -0.25) is 4.90 Å². The highest BCUT2D eigenvalue weighted by Gasteiger charge is 2.40. The fraction of sp³-hybridized carbons (Fsp3) is 0.500. The maximum Gasteiger partial charge on any atom is 0.0646 e. The number of aromatic nitrogens is 2. The molecule has 5 heteroatoms. The van der Waals surface area contributed by atoms with Crippen LogP contribution in [0.25, 0.3) is 5.69 Å². The van der Waals surface area contributed by atoms with Gasteiger partial charge in [0.25, 0.3) is 0 Å². The molecule has 1 aromatic heterocycles. The fourth-order valence-electron chi connectivity index (χ4n) is 3.92. The second-order valence-corrected chi connectivity index (χ2v) is 7.48. The van der Waals surface area contributed by atoms with Gasteiger partial charge in [0.2, 0.25) is 0 Å². The van der Waals surface area contributed by atoms with E-state index in [1.54, 1.807) is 0 Å². The van der Waals surface area contributed by atoms with Crippen molar-refractivity contribution in [1.82, 2.24) is 20.0 Å². The molecule has 0 radical (unpaired) electrons. The van der Waals surface area contributed by atoms with Gasteiger partial charge in [0.05, 0.1) is 11.4 Å². The molecular formula is C18H23ClN4. The number of aryl methyl sites for hydroxylation is 1. The maximum absolute atomic E-state index is 5.97. The number of halogens is 1. The smallest absolute Gasteiger partial charge is 0.0646 e. The van der Waals surface area contributed by atoms with Gasteiger partial charge in [-0.2, -0.15) is 5.10 Å². The Morgan fingerprint density at radius 2 is 2.09 bits per heavy atom. The van der Waals surface area contributed by atoms with Gasteiger partial charge >= 0.3 is 0 Å². The van der Waals surface area contributed by atoms with Crippen molar-refractivity contribution in [3.8, 4) is 5.69 Å². The molecule has 1 aromatic carbocycles. The van der Waals surface area contributed by atoms with Crippen LogP contribution in [0.4, 0.5) is 0 Å². The molecule has 2 saturated heterocycles. The summed E-state index contributed by atoms with van der Waals surface area (Å²) in [4.78, 5) is 2.59. The van der Waals surface area contributed by atoms with Gasteiger partial charge < -0.3 is 5.32 Å². The van der Waals surface area contributed by atoms with Crippen LogP contribution in [0.2, 0.25) is 5.02 Å². The Morgan fingerprint density at radius 1 is 1.26 bits per heavy atom. The molecule has 2 aliphatic rings. The molecule has 1 atom stereocenters. The highest BCUT2D eigenvalue weighted by atomic mass is 35.5. The molecule has 1 spiro atoms. The summed E-state index contributed by atoms with van der Waals surface area (Å²) in [5, 5.41) is 8.96. The number of likely N-dealkylation sites (tertiary alicyclic amines) is 1. The second kappa shape index (κ2) is 5.93. The van der Waals surface area contributed by atoms with Crippen molar-refractivity contribution in [2.75, 3.05) is 26.2 Å². The minimum Gasteiger partial charge on any atom is -0.316 e. The van der Waals surface area contributed by atoms with E-state index in [-0.39, 0.29) is 0 Å². The number of rotatable bonds is 3. The minimum atomic E-state index is 0.528. The lowest BCUT2D eigenvalue weighted by atomic mass is 9.87. The van der Waals surface area contributed by atoms with Gasteiger partial charge in [-0.05, 0) is 62.5 Å². The fourth-order valence-corrected chi connectivity index (χ4v) is 4.05. The first-order valence-electron chi connectivity index (χ1n) is 8.38.